The minimum atomic E-state index is -2.49. The van der Waals surface area contributed by atoms with Crippen molar-refractivity contribution in [3.8, 4) is 11.5 Å². The molecule has 2 atom stereocenters. The molecule has 2 heterocycles. The zero-order valence-electron chi connectivity index (χ0n) is 21.5. The van der Waals surface area contributed by atoms with Crippen LogP contribution in [-0.4, -0.2) is 30.4 Å². The number of ether oxygens (including phenoxy) is 2. The smallest absolute Gasteiger partial charge is 0.260 e. The van der Waals surface area contributed by atoms with Crippen LogP contribution in [-0.2, 0) is 5.41 Å². The maximum Gasteiger partial charge on any atom is 0.260 e. The number of alkyl halides is 2. The van der Waals surface area contributed by atoms with Gasteiger partial charge in [-0.3, -0.25) is 0 Å². The summed E-state index contributed by atoms with van der Waals surface area (Å²) in [6, 6.07) is 6.44. The van der Waals surface area contributed by atoms with Crippen molar-refractivity contribution in [1.82, 2.24) is 9.78 Å². The fraction of sp³-hybridized carbons (Fsp3) is 0.679. The molecule has 0 spiro atoms. The van der Waals surface area contributed by atoms with E-state index in [4.69, 9.17) is 14.6 Å². The molecule has 1 aliphatic heterocycles. The van der Waals surface area contributed by atoms with E-state index in [1.807, 2.05) is 24.3 Å². The largest absolute Gasteiger partial charge is 0.493 e. The number of aromatic nitrogens is 2. The van der Waals surface area contributed by atoms with Crippen LogP contribution in [0.2, 0.25) is 0 Å². The monoisotopic (exact) mass is 489 g/mol. The second kappa shape index (κ2) is 11.6. The predicted molar refractivity (Wildman–Crippen MR) is 136 cm³/mol. The van der Waals surface area contributed by atoms with Crippen molar-refractivity contribution in [1.29, 1.82) is 0 Å². The maximum absolute atomic E-state index is 14.3. The summed E-state index contributed by atoms with van der Waals surface area (Å²) in [5.74, 6) is 1.91. The molecule has 2 aromatic rings. The molecule has 0 radical (unpaired) electrons. The molecule has 4 rings (SSSR count). The van der Waals surface area contributed by atoms with Crippen LogP contribution < -0.4 is 14.8 Å². The van der Waals surface area contributed by atoms with Gasteiger partial charge in [0, 0.05) is 11.5 Å². The molecule has 35 heavy (non-hydrogen) atoms. The molecule has 1 aliphatic carbocycles. The first-order chi connectivity index (χ1) is 16.9. The van der Waals surface area contributed by atoms with E-state index in [2.05, 4.69) is 12.2 Å². The van der Waals surface area contributed by atoms with Gasteiger partial charge in [-0.05, 0) is 37.0 Å². The lowest BCUT2D eigenvalue weighted by atomic mass is 9.76. The molecule has 0 amide bonds. The normalized spacial score (nSPS) is 23.5. The fourth-order valence-corrected chi connectivity index (χ4v) is 5.78. The zero-order chi connectivity index (χ0) is 24.8. The number of nitrogens with zero attached hydrogens (tertiary/aromatic N) is 2. The van der Waals surface area contributed by atoms with Gasteiger partial charge >= 0.3 is 0 Å². The van der Waals surface area contributed by atoms with E-state index in [9.17, 15) is 8.78 Å². The number of rotatable bonds is 5. The van der Waals surface area contributed by atoms with E-state index in [0.717, 1.165) is 24.1 Å². The van der Waals surface area contributed by atoms with Crippen LogP contribution in [0, 0.1) is 0 Å². The highest BCUT2D eigenvalue weighted by molar-refractivity contribution is 5.49. The lowest BCUT2D eigenvalue weighted by Crippen LogP contribution is -2.31. The molecule has 5 nitrogen and oxygen atoms in total. The SMILES string of the molecule is COc1ccc(C2CC(C(F)F)n3nc(C4(C)CCCCCCCCCCC4)cc3N2)cc1OC. The first kappa shape index (κ1) is 25.8. The number of hydrogen-bond donors (Lipinski definition) is 1. The Morgan fingerprint density at radius 2 is 1.51 bits per heavy atom. The van der Waals surface area contributed by atoms with Crippen LogP contribution in [0.5, 0.6) is 11.5 Å². The second-order valence-corrected chi connectivity index (χ2v) is 10.6. The summed E-state index contributed by atoms with van der Waals surface area (Å²) < 4.78 is 40.9. The van der Waals surface area contributed by atoms with E-state index in [1.165, 1.54) is 57.8 Å². The third-order valence-electron chi connectivity index (χ3n) is 8.03. The summed E-state index contributed by atoms with van der Waals surface area (Å²) in [5, 5.41) is 8.34. The summed E-state index contributed by atoms with van der Waals surface area (Å²) in [6.45, 7) is 2.29. The van der Waals surface area contributed by atoms with Gasteiger partial charge in [0.1, 0.15) is 11.9 Å². The number of hydrogen-bond acceptors (Lipinski definition) is 4. The Morgan fingerprint density at radius 3 is 2.09 bits per heavy atom. The van der Waals surface area contributed by atoms with Gasteiger partial charge in [0.05, 0.1) is 26.0 Å². The average Bonchev–Trinajstić information content (AvgIpc) is 3.30. The van der Waals surface area contributed by atoms with Crippen molar-refractivity contribution in [2.75, 3.05) is 19.5 Å². The molecule has 7 heteroatoms. The molecule has 0 saturated heterocycles. The van der Waals surface area contributed by atoms with E-state index in [-0.39, 0.29) is 17.9 Å². The second-order valence-electron chi connectivity index (χ2n) is 10.6. The van der Waals surface area contributed by atoms with E-state index < -0.39 is 12.5 Å². The van der Waals surface area contributed by atoms with E-state index >= 15 is 0 Å². The Balaban J connectivity index is 1.61. The number of benzene rings is 1. The number of anilines is 1. The predicted octanol–water partition coefficient (Wildman–Crippen LogP) is 7.83. The molecule has 0 bridgehead atoms. The molecule has 194 valence electrons. The Bertz CT molecular complexity index is 950. The van der Waals surface area contributed by atoms with Crippen LogP contribution in [0.25, 0.3) is 0 Å². The van der Waals surface area contributed by atoms with Crippen molar-refractivity contribution < 1.29 is 18.3 Å². The molecule has 1 fully saturated rings. The van der Waals surface area contributed by atoms with Gasteiger partial charge in [0.25, 0.3) is 6.43 Å². The van der Waals surface area contributed by atoms with Crippen molar-refractivity contribution in [3.05, 3.63) is 35.5 Å². The minimum absolute atomic E-state index is 0.0866. The van der Waals surface area contributed by atoms with Gasteiger partial charge in [0.2, 0.25) is 0 Å². The fourth-order valence-electron chi connectivity index (χ4n) is 5.78. The molecule has 1 saturated carbocycles. The van der Waals surface area contributed by atoms with Gasteiger partial charge in [-0.15, -0.1) is 0 Å². The standard InChI is InChI=1S/C28H41F2N3O2/c1-28(15-11-9-7-5-4-6-8-10-12-16-28)25-19-26-31-21(18-22(27(29)30)33(26)32-25)20-13-14-23(34-2)24(17-20)35-3/h13-14,17,19,21-22,27,31H,4-12,15-16,18H2,1-3H3. The zero-order valence-corrected chi connectivity index (χ0v) is 21.5. The molecule has 2 aliphatic rings. The lowest BCUT2D eigenvalue weighted by Gasteiger charge is -2.32. The van der Waals surface area contributed by atoms with Crippen LogP contribution in [0.3, 0.4) is 0 Å². The highest BCUT2D eigenvalue weighted by atomic mass is 19.3. The number of halogens is 2. The van der Waals surface area contributed by atoms with Gasteiger partial charge in [-0.25, -0.2) is 13.5 Å². The molecule has 1 N–H and O–H groups in total. The quantitative estimate of drug-likeness (QED) is 0.465. The minimum Gasteiger partial charge on any atom is -0.493 e. The highest BCUT2D eigenvalue weighted by Crippen LogP contribution is 2.43. The van der Waals surface area contributed by atoms with Crippen LogP contribution >= 0.6 is 0 Å². The summed E-state index contributed by atoms with van der Waals surface area (Å²) in [4.78, 5) is 0. The highest BCUT2D eigenvalue weighted by Gasteiger charge is 2.37. The molecular formula is C28H41F2N3O2. The van der Waals surface area contributed by atoms with Gasteiger partial charge < -0.3 is 14.8 Å². The Kier molecular flexibility index (Phi) is 8.55. The first-order valence-electron chi connectivity index (χ1n) is 13.3. The summed E-state index contributed by atoms with van der Waals surface area (Å²) in [7, 11) is 3.18. The van der Waals surface area contributed by atoms with Crippen molar-refractivity contribution >= 4 is 5.82 Å². The molecular weight excluding hydrogens is 448 g/mol. The number of nitrogens with one attached hydrogen (secondary N) is 1. The molecule has 2 unspecified atom stereocenters. The van der Waals surface area contributed by atoms with E-state index in [1.54, 1.807) is 18.9 Å². The van der Waals surface area contributed by atoms with Crippen LogP contribution in [0.1, 0.15) is 107 Å². The Morgan fingerprint density at radius 1 is 0.914 bits per heavy atom. The number of fused-ring (bicyclic) bond motifs is 1. The van der Waals surface area contributed by atoms with Gasteiger partial charge in [0.15, 0.2) is 11.5 Å². The van der Waals surface area contributed by atoms with Gasteiger partial charge in [-0.1, -0.05) is 70.8 Å². The molecule has 1 aromatic heterocycles. The Hall–Kier alpha value is -2.31. The maximum atomic E-state index is 14.3. The third-order valence-corrected chi connectivity index (χ3v) is 8.03. The lowest BCUT2D eigenvalue weighted by molar-refractivity contribution is 0.0653. The molecule has 1 aromatic carbocycles. The topological polar surface area (TPSA) is 48.3 Å². The van der Waals surface area contributed by atoms with Gasteiger partial charge in [-0.2, -0.15) is 5.10 Å². The van der Waals surface area contributed by atoms with Crippen molar-refractivity contribution in [2.24, 2.45) is 0 Å². The summed E-state index contributed by atoms with van der Waals surface area (Å²) in [5.41, 5.74) is 1.77. The first-order valence-corrected chi connectivity index (χ1v) is 13.3. The van der Waals surface area contributed by atoms with Crippen LogP contribution in [0.4, 0.5) is 14.6 Å². The third kappa shape index (κ3) is 5.92. The average molecular weight is 490 g/mol. The van der Waals surface area contributed by atoms with Crippen LogP contribution in [0.15, 0.2) is 24.3 Å². The van der Waals surface area contributed by atoms with Crippen molar-refractivity contribution in [2.45, 2.75) is 108 Å². The van der Waals surface area contributed by atoms with E-state index in [0.29, 0.717) is 17.3 Å². The summed E-state index contributed by atoms with van der Waals surface area (Å²) in [6.07, 6.45) is 11.3. The Labute approximate surface area is 208 Å². The number of methoxy groups -OCH3 is 2. The summed E-state index contributed by atoms with van der Waals surface area (Å²) >= 11 is 0. The van der Waals surface area contributed by atoms with Crippen molar-refractivity contribution in [3.63, 3.8) is 0 Å².